The van der Waals surface area contributed by atoms with Crippen molar-refractivity contribution in [1.29, 1.82) is 0 Å². The minimum atomic E-state index is -4.54. The van der Waals surface area contributed by atoms with Gasteiger partial charge >= 0.3 is 12.5 Å². The molecule has 0 saturated heterocycles. The molecule has 6 heteroatoms. The van der Waals surface area contributed by atoms with Gasteiger partial charge in [0.1, 0.15) is 5.76 Å². The number of hydrogen-bond donors (Lipinski definition) is 0. The highest BCUT2D eigenvalue weighted by molar-refractivity contribution is 5.82. The van der Waals surface area contributed by atoms with Crippen molar-refractivity contribution in [3.05, 3.63) is 36.1 Å². The van der Waals surface area contributed by atoms with Gasteiger partial charge in [0.15, 0.2) is 0 Å². The van der Waals surface area contributed by atoms with E-state index in [2.05, 4.69) is 16.3 Å². The first-order valence-electron chi connectivity index (χ1n) is 4.65. The molecule has 0 N–H and O–H groups in total. The third-order valence-corrected chi connectivity index (χ3v) is 1.63. The maximum Gasteiger partial charge on any atom is 0.461 e. The fraction of sp³-hybridized carbons (Fsp3) is 0.364. The standard InChI is InChI=1S/C11H13F4NO/c1-4-8(7-16-3)6-9(5-2)17-11(14,15)10(12)13/h4-7,10H,2H2,1,3H3/b8-4+,9-6+,16-7?. The SMILES string of the molecule is C=C/C(=C\C(C=NC)=C/C)OC(F)(F)C(F)F. The first-order valence-corrected chi connectivity index (χ1v) is 4.65. The molecule has 0 fully saturated rings. The predicted octanol–water partition coefficient (Wildman–Crippen LogP) is 3.58. The van der Waals surface area contributed by atoms with E-state index in [9.17, 15) is 17.6 Å². The second-order valence-corrected chi connectivity index (χ2v) is 2.89. The van der Waals surface area contributed by atoms with Crippen LogP contribution in [0.25, 0.3) is 0 Å². The normalized spacial score (nSPS) is 14.5. The van der Waals surface area contributed by atoms with Gasteiger partial charge in [0.05, 0.1) is 0 Å². The number of allylic oxidation sites excluding steroid dienone is 4. The highest BCUT2D eigenvalue weighted by Gasteiger charge is 2.44. The van der Waals surface area contributed by atoms with E-state index in [1.54, 1.807) is 13.0 Å². The van der Waals surface area contributed by atoms with Crippen LogP contribution in [0, 0.1) is 0 Å². The zero-order chi connectivity index (χ0) is 13.5. The summed E-state index contributed by atoms with van der Waals surface area (Å²) >= 11 is 0. The molecule has 0 aromatic carbocycles. The number of rotatable bonds is 6. The quantitative estimate of drug-likeness (QED) is 0.306. The van der Waals surface area contributed by atoms with E-state index >= 15 is 0 Å². The van der Waals surface area contributed by atoms with E-state index in [1.807, 2.05) is 0 Å². The maximum absolute atomic E-state index is 12.6. The van der Waals surface area contributed by atoms with Crippen molar-refractivity contribution in [2.45, 2.75) is 19.5 Å². The molecule has 0 unspecified atom stereocenters. The van der Waals surface area contributed by atoms with Crippen LogP contribution in [0.3, 0.4) is 0 Å². The topological polar surface area (TPSA) is 21.6 Å². The molecule has 0 bridgehead atoms. The fourth-order valence-corrected chi connectivity index (χ4v) is 0.840. The molecule has 96 valence electrons. The van der Waals surface area contributed by atoms with E-state index in [0.29, 0.717) is 5.57 Å². The molecule has 0 spiro atoms. The van der Waals surface area contributed by atoms with Crippen molar-refractivity contribution in [3.8, 4) is 0 Å². The number of aliphatic imine (C=N–C) groups is 1. The van der Waals surface area contributed by atoms with Crippen molar-refractivity contribution in [2.24, 2.45) is 4.99 Å². The summed E-state index contributed by atoms with van der Waals surface area (Å²) in [4.78, 5) is 3.66. The van der Waals surface area contributed by atoms with Crippen LogP contribution in [-0.2, 0) is 4.74 Å². The smallest absolute Gasteiger partial charge is 0.428 e. The van der Waals surface area contributed by atoms with Crippen molar-refractivity contribution >= 4 is 6.21 Å². The van der Waals surface area contributed by atoms with Gasteiger partial charge in [-0.2, -0.15) is 17.6 Å². The van der Waals surface area contributed by atoms with Gasteiger partial charge in [0.2, 0.25) is 0 Å². The van der Waals surface area contributed by atoms with Gasteiger partial charge in [-0.3, -0.25) is 4.99 Å². The summed E-state index contributed by atoms with van der Waals surface area (Å²) in [5.74, 6) is -0.455. The lowest BCUT2D eigenvalue weighted by molar-refractivity contribution is -0.279. The first kappa shape index (κ1) is 15.4. The van der Waals surface area contributed by atoms with Crippen LogP contribution in [0.15, 0.2) is 41.1 Å². The lowest BCUT2D eigenvalue weighted by Gasteiger charge is -2.17. The van der Waals surface area contributed by atoms with E-state index in [-0.39, 0.29) is 0 Å². The Morgan fingerprint density at radius 2 is 2.00 bits per heavy atom. The third-order valence-electron chi connectivity index (χ3n) is 1.63. The van der Waals surface area contributed by atoms with Crippen LogP contribution in [0.4, 0.5) is 17.6 Å². The number of ether oxygens (including phenoxy) is 1. The minimum absolute atomic E-state index is 0.437. The molecule has 0 atom stereocenters. The zero-order valence-corrected chi connectivity index (χ0v) is 9.46. The summed E-state index contributed by atoms with van der Waals surface area (Å²) in [7, 11) is 1.49. The molecule has 0 saturated carbocycles. The largest absolute Gasteiger partial charge is 0.461 e. The Kier molecular flexibility index (Phi) is 6.23. The molecular formula is C11H13F4NO. The molecule has 0 aliphatic rings. The third kappa shape index (κ3) is 5.33. The molecular weight excluding hydrogens is 238 g/mol. The monoisotopic (exact) mass is 251 g/mol. The maximum atomic E-state index is 12.6. The van der Waals surface area contributed by atoms with E-state index in [1.165, 1.54) is 13.3 Å². The molecule has 0 amide bonds. The van der Waals surface area contributed by atoms with Crippen molar-refractivity contribution in [3.63, 3.8) is 0 Å². The van der Waals surface area contributed by atoms with Crippen molar-refractivity contribution in [2.75, 3.05) is 7.05 Å². The lowest BCUT2D eigenvalue weighted by atomic mass is 10.2. The summed E-state index contributed by atoms with van der Waals surface area (Å²) < 4.78 is 52.9. The minimum Gasteiger partial charge on any atom is -0.428 e. The second-order valence-electron chi connectivity index (χ2n) is 2.89. The predicted molar refractivity (Wildman–Crippen MR) is 58.5 cm³/mol. The average Bonchev–Trinajstić information content (AvgIpc) is 2.26. The van der Waals surface area contributed by atoms with Crippen molar-refractivity contribution in [1.82, 2.24) is 0 Å². The molecule has 2 nitrogen and oxygen atoms in total. The summed E-state index contributed by atoms with van der Waals surface area (Å²) in [6.45, 7) is 4.85. The lowest BCUT2D eigenvalue weighted by Crippen LogP contribution is -2.29. The Morgan fingerprint density at radius 3 is 2.35 bits per heavy atom. The molecule has 0 rings (SSSR count). The summed E-state index contributed by atoms with van der Waals surface area (Å²) in [5, 5.41) is 0. The Bertz CT molecular complexity index is 345. The zero-order valence-electron chi connectivity index (χ0n) is 9.46. The average molecular weight is 251 g/mol. The van der Waals surface area contributed by atoms with Crippen LogP contribution in [0.5, 0.6) is 0 Å². The Balaban J connectivity index is 4.98. The van der Waals surface area contributed by atoms with Gasteiger partial charge in [-0.05, 0) is 24.6 Å². The van der Waals surface area contributed by atoms with Crippen molar-refractivity contribution < 1.29 is 22.3 Å². The fourth-order valence-electron chi connectivity index (χ4n) is 0.840. The number of nitrogens with zero attached hydrogens (tertiary/aromatic N) is 1. The van der Waals surface area contributed by atoms with Gasteiger partial charge in [0, 0.05) is 13.3 Å². The van der Waals surface area contributed by atoms with Gasteiger partial charge in [-0.1, -0.05) is 12.7 Å². The van der Waals surface area contributed by atoms with Crippen LogP contribution >= 0.6 is 0 Å². The summed E-state index contributed by atoms with van der Waals surface area (Å²) in [6.07, 6.45) is -3.46. The van der Waals surface area contributed by atoms with E-state index in [0.717, 1.165) is 12.2 Å². The Labute approximate surface area is 97.0 Å². The Morgan fingerprint density at radius 1 is 1.41 bits per heavy atom. The van der Waals surface area contributed by atoms with E-state index < -0.39 is 18.3 Å². The molecule has 0 aliphatic carbocycles. The van der Waals surface area contributed by atoms with Crippen LogP contribution in [-0.4, -0.2) is 25.8 Å². The van der Waals surface area contributed by atoms with E-state index in [4.69, 9.17) is 0 Å². The molecule has 17 heavy (non-hydrogen) atoms. The van der Waals surface area contributed by atoms with Crippen LogP contribution in [0.1, 0.15) is 6.92 Å². The van der Waals surface area contributed by atoms with Crippen LogP contribution < -0.4 is 0 Å². The highest BCUT2D eigenvalue weighted by Crippen LogP contribution is 2.27. The number of halogens is 4. The number of hydrogen-bond acceptors (Lipinski definition) is 2. The molecule has 0 heterocycles. The molecule has 0 radical (unpaired) electrons. The van der Waals surface area contributed by atoms with Gasteiger partial charge in [0.25, 0.3) is 0 Å². The Hall–Kier alpha value is -1.59. The summed E-state index contributed by atoms with van der Waals surface area (Å²) in [6, 6.07) is 0. The van der Waals surface area contributed by atoms with Gasteiger partial charge in [-0.25, -0.2) is 0 Å². The van der Waals surface area contributed by atoms with Crippen LogP contribution in [0.2, 0.25) is 0 Å². The summed E-state index contributed by atoms with van der Waals surface area (Å²) in [5.41, 5.74) is 0.437. The first-order chi connectivity index (χ1) is 7.87. The highest BCUT2D eigenvalue weighted by atomic mass is 19.3. The van der Waals surface area contributed by atoms with Gasteiger partial charge in [-0.15, -0.1) is 0 Å². The van der Waals surface area contributed by atoms with Gasteiger partial charge < -0.3 is 4.74 Å². The molecule has 0 aromatic heterocycles. The molecule has 0 aliphatic heterocycles. The molecule has 0 aromatic rings. The number of alkyl halides is 4. The second kappa shape index (κ2) is 6.88.